The summed E-state index contributed by atoms with van der Waals surface area (Å²) in [5.74, 6) is 1.04. The van der Waals surface area contributed by atoms with Gasteiger partial charge in [0, 0.05) is 24.0 Å². The molecule has 1 saturated heterocycles. The Balaban J connectivity index is 1.16. The topological polar surface area (TPSA) is 67.3 Å². The maximum absolute atomic E-state index is 12.2. The predicted octanol–water partition coefficient (Wildman–Crippen LogP) is 3.08. The van der Waals surface area contributed by atoms with Crippen LogP contribution in [0.15, 0.2) is 6.33 Å². The van der Waals surface area contributed by atoms with Gasteiger partial charge in [-0.15, -0.1) is 11.3 Å². The number of ether oxygens (including phenoxy) is 1. The Bertz CT molecular complexity index is 853. The normalized spacial score (nSPS) is 24.6. The lowest BCUT2D eigenvalue weighted by molar-refractivity contribution is -0.129. The first-order valence-corrected chi connectivity index (χ1v) is 11.5. The van der Waals surface area contributed by atoms with E-state index in [2.05, 4.69) is 15.3 Å². The summed E-state index contributed by atoms with van der Waals surface area (Å²) in [5, 5.41) is 4.63. The van der Waals surface area contributed by atoms with Crippen LogP contribution >= 0.6 is 11.3 Å². The number of carbonyl (C=O) groups excluding carboxylic acids is 1. The van der Waals surface area contributed by atoms with Crippen LogP contribution < -0.4 is 10.1 Å². The molecule has 2 fully saturated rings. The zero-order chi connectivity index (χ0) is 18.9. The smallest absolute Gasteiger partial charge is 0.236 e. The molecule has 0 bridgehead atoms. The van der Waals surface area contributed by atoms with Crippen LogP contribution in [0.25, 0.3) is 10.2 Å². The van der Waals surface area contributed by atoms with Crippen molar-refractivity contribution < 1.29 is 9.53 Å². The van der Waals surface area contributed by atoms with E-state index in [1.54, 1.807) is 17.7 Å². The van der Waals surface area contributed by atoms with E-state index >= 15 is 0 Å². The Labute approximate surface area is 169 Å². The number of aryl methyl sites for hydroxylation is 2. The third-order valence-corrected chi connectivity index (χ3v) is 7.62. The van der Waals surface area contributed by atoms with Crippen molar-refractivity contribution in [1.82, 2.24) is 20.2 Å². The number of rotatable bonds is 5. The molecule has 1 amide bonds. The highest BCUT2D eigenvalue weighted by atomic mass is 32.1. The number of carbonyl (C=O) groups is 1. The highest BCUT2D eigenvalue weighted by molar-refractivity contribution is 7.18. The van der Waals surface area contributed by atoms with Gasteiger partial charge in [0.05, 0.1) is 11.9 Å². The Morgan fingerprint density at radius 1 is 1.14 bits per heavy atom. The lowest BCUT2D eigenvalue weighted by Crippen LogP contribution is -2.42. The molecule has 7 heteroatoms. The van der Waals surface area contributed by atoms with Crippen LogP contribution in [0.5, 0.6) is 5.88 Å². The van der Waals surface area contributed by atoms with E-state index in [1.807, 2.05) is 4.90 Å². The average molecular weight is 401 g/mol. The van der Waals surface area contributed by atoms with Gasteiger partial charge in [-0.1, -0.05) is 0 Å². The molecule has 2 aromatic rings. The largest absolute Gasteiger partial charge is 0.474 e. The van der Waals surface area contributed by atoms with Crippen molar-refractivity contribution in [2.75, 3.05) is 19.6 Å². The highest BCUT2D eigenvalue weighted by Gasteiger charge is 2.27. The first-order chi connectivity index (χ1) is 13.8. The molecule has 1 saturated carbocycles. The summed E-state index contributed by atoms with van der Waals surface area (Å²) < 4.78 is 6.36. The van der Waals surface area contributed by atoms with Crippen LogP contribution in [0.2, 0.25) is 0 Å². The Kier molecular flexibility index (Phi) is 5.20. The maximum atomic E-state index is 12.2. The van der Waals surface area contributed by atoms with Crippen molar-refractivity contribution in [2.45, 2.75) is 69.9 Å². The van der Waals surface area contributed by atoms with E-state index in [0.717, 1.165) is 74.1 Å². The summed E-state index contributed by atoms with van der Waals surface area (Å²) in [5.41, 5.74) is 1.42. The minimum Gasteiger partial charge on any atom is -0.474 e. The lowest BCUT2D eigenvalue weighted by Gasteiger charge is -2.29. The molecular formula is C21H28N4O2S. The van der Waals surface area contributed by atoms with Crippen LogP contribution in [0.4, 0.5) is 0 Å². The van der Waals surface area contributed by atoms with Crippen molar-refractivity contribution in [3.05, 3.63) is 16.8 Å². The molecule has 0 aromatic carbocycles. The molecule has 3 heterocycles. The minimum absolute atomic E-state index is 0.211. The van der Waals surface area contributed by atoms with Crippen molar-refractivity contribution in [1.29, 1.82) is 0 Å². The van der Waals surface area contributed by atoms with Gasteiger partial charge in [-0.25, -0.2) is 9.97 Å². The van der Waals surface area contributed by atoms with E-state index in [0.29, 0.717) is 12.6 Å². The molecule has 28 heavy (non-hydrogen) atoms. The molecule has 0 unspecified atom stereocenters. The number of likely N-dealkylation sites (tertiary alicyclic amines) is 1. The number of fused-ring (bicyclic) bond motifs is 3. The predicted molar refractivity (Wildman–Crippen MR) is 110 cm³/mol. The average Bonchev–Trinajstić information content (AvgIpc) is 3.44. The van der Waals surface area contributed by atoms with Gasteiger partial charge in [0.25, 0.3) is 0 Å². The zero-order valence-electron chi connectivity index (χ0n) is 16.3. The van der Waals surface area contributed by atoms with Gasteiger partial charge < -0.3 is 15.0 Å². The summed E-state index contributed by atoms with van der Waals surface area (Å²) in [6, 6.07) is 0.419. The molecule has 2 aromatic heterocycles. The number of nitrogens with zero attached hydrogens (tertiary/aromatic N) is 3. The van der Waals surface area contributed by atoms with Gasteiger partial charge in [-0.3, -0.25) is 4.79 Å². The quantitative estimate of drug-likeness (QED) is 0.835. The maximum Gasteiger partial charge on any atom is 0.236 e. The number of hydrogen-bond acceptors (Lipinski definition) is 6. The van der Waals surface area contributed by atoms with Crippen molar-refractivity contribution in [3.63, 3.8) is 0 Å². The van der Waals surface area contributed by atoms with Gasteiger partial charge in [0.2, 0.25) is 11.8 Å². The first-order valence-electron chi connectivity index (χ1n) is 10.7. The SMILES string of the molecule is O=C(CNC1CCC(Oc2ncnc3sc4c(c23)CCC4)CC1)N1CCCC1. The van der Waals surface area contributed by atoms with Gasteiger partial charge in [-0.2, -0.15) is 0 Å². The molecule has 5 rings (SSSR count). The number of hydrogen-bond donors (Lipinski definition) is 1. The molecule has 6 nitrogen and oxygen atoms in total. The second-order valence-electron chi connectivity index (χ2n) is 8.28. The van der Waals surface area contributed by atoms with E-state index < -0.39 is 0 Å². The van der Waals surface area contributed by atoms with E-state index in [1.165, 1.54) is 23.3 Å². The summed E-state index contributed by atoms with van der Waals surface area (Å²) in [6.07, 6.45) is 11.8. The van der Waals surface area contributed by atoms with Crippen LogP contribution in [0, 0.1) is 0 Å². The Hall–Kier alpha value is -1.73. The van der Waals surface area contributed by atoms with Crippen molar-refractivity contribution >= 4 is 27.5 Å². The van der Waals surface area contributed by atoms with Crippen LogP contribution in [-0.2, 0) is 17.6 Å². The third-order valence-electron chi connectivity index (χ3n) is 6.42. The summed E-state index contributed by atoms with van der Waals surface area (Å²) in [4.78, 5) is 25.7. The molecule has 2 aliphatic carbocycles. The van der Waals surface area contributed by atoms with E-state index in [-0.39, 0.29) is 12.0 Å². The van der Waals surface area contributed by atoms with Crippen LogP contribution in [0.3, 0.4) is 0 Å². The lowest BCUT2D eigenvalue weighted by atomic mass is 9.93. The molecule has 0 atom stereocenters. The Morgan fingerprint density at radius 2 is 1.96 bits per heavy atom. The zero-order valence-corrected chi connectivity index (χ0v) is 17.1. The van der Waals surface area contributed by atoms with E-state index in [4.69, 9.17) is 4.74 Å². The van der Waals surface area contributed by atoms with Gasteiger partial charge in [0.15, 0.2) is 0 Å². The summed E-state index contributed by atoms with van der Waals surface area (Å²) >= 11 is 1.81. The fourth-order valence-corrected chi connectivity index (χ4v) is 6.06. The highest BCUT2D eigenvalue weighted by Crippen LogP contribution is 2.40. The second kappa shape index (κ2) is 7.95. The fraction of sp³-hybridized carbons (Fsp3) is 0.667. The molecule has 1 aliphatic heterocycles. The Morgan fingerprint density at radius 3 is 2.79 bits per heavy atom. The minimum atomic E-state index is 0.211. The number of thiophene rings is 1. The van der Waals surface area contributed by atoms with Gasteiger partial charge in [-0.05, 0) is 63.4 Å². The molecule has 3 aliphatic rings. The van der Waals surface area contributed by atoms with E-state index in [9.17, 15) is 4.79 Å². The number of aromatic nitrogens is 2. The number of amides is 1. The van der Waals surface area contributed by atoms with Crippen LogP contribution in [-0.4, -0.2) is 52.6 Å². The molecule has 0 radical (unpaired) electrons. The van der Waals surface area contributed by atoms with Crippen molar-refractivity contribution in [3.8, 4) is 5.88 Å². The summed E-state index contributed by atoms with van der Waals surface area (Å²) in [7, 11) is 0. The first kappa shape index (κ1) is 18.3. The van der Waals surface area contributed by atoms with Crippen molar-refractivity contribution in [2.24, 2.45) is 0 Å². The fourth-order valence-electron chi connectivity index (χ4n) is 4.84. The van der Waals surface area contributed by atoms with Gasteiger partial charge in [0.1, 0.15) is 17.3 Å². The molecule has 150 valence electrons. The number of nitrogens with one attached hydrogen (secondary N) is 1. The monoisotopic (exact) mass is 400 g/mol. The molecule has 1 N–H and O–H groups in total. The standard InChI is InChI=1S/C21H28N4O2S/c26-18(25-10-1-2-11-25)12-22-14-6-8-15(9-7-14)27-20-19-16-4-3-5-17(16)28-21(19)24-13-23-20/h13-15,22H,1-12H2. The molecular weight excluding hydrogens is 372 g/mol. The van der Waals surface area contributed by atoms with Gasteiger partial charge >= 0.3 is 0 Å². The third kappa shape index (κ3) is 3.62. The molecule has 0 spiro atoms. The summed E-state index contributed by atoms with van der Waals surface area (Å²) in [6.45, 7) is 2.34. The van der Waals surface area contributed by atoms with Crippen LogP contribution in [0.1, 0.15) is 55.4 Å². The second-order valence-corrected chi connectivity index (χ2v) is 9.36.